The summed E-state index contributed by atoms with van der Waals surface area (Å²) in [6, 6.07) is 66.7. The molecule has 0 saturated heterocycles. The lowest BCUT2D eigenvalue weighted by molar-refractivity contribution is -0.137. The van der Waals surface area contributed by atoms with E-state index in [1.165, 1.54) is 50.0 Å². The van der Waals surface area contributed by atoms with Gasteiger partial charge in [-0.2, -0.15) is 13.2 Å². The lowest BCUT2D eigenvalue weighted by Crippen LogP contribution is -2.03. The molecule has 0 unspecified atom stereocenters. The van der Waals surface area contributed by atoms with Crippen molar-refractivity contribution in [3.63, 3.8) is 0 Å². The zero-order valence-corrected chi connectivity index (χ0v) is 32.1. The highest BCUT2D eigenvalue weighted by Crippen LogP contribution is 2.48. The average molecular weight is 765 g/mol. The number of benzene rings is 11. The van der Waals surface area contributed by atoms with Gasteiger partial charge in [-0.3, -0.25) is 0 Å². The van der Waals surface area contributed by atoms with Crippen LogP contribution in [0.15, 0.2) is 194 Å². The van der Waals surface area contributed by atoms with Crippen molar-refractivity contribution in [3.05, 3.63) is 205 Å². The first-order valence-corrected chi connectivity index (χ1v) is 19.9. The van der Waals surface area contributed by atoms with Gasteiger partial charge in [0.1, 0.15) is 0 Å². The van der Waals surface area contributed by atoms with Crippen molar-refractivity contribution in [2.75, 3.05) is 0 Å². The smallest absolute Gasteiger partial charge is 0.166 e. The van der Waals surface area contributed by atoms with Gasteiger partial charge in [0, 0.05) is 0 Å². The third-order valence-corrected chi connectivity index (χ3v) is 12.1. The van der Waals surface area contributed by atoms with Crippen molar-refractivity contribution in [3.8, 4) is 44.5 Å². The molecule has 3 heteroatoms. The van der Waals surface area contributed by atoms with E-state index < -0.39 is 11.7 Å². The van der Waals surface area contributed by atoms with Gasteiger partial charge in [0.15, 0.2) is 0 Å². The molecule has 0 bridgehead atoms. The molecule has 59 heavy (non-hydrogen) atoms. The van der Waals surface area contributed by atoms with Crippen molar-refractivity contribution in [2.24, 2.45) is 0 Å². The third kappa shape index (κ3) is 5.84. The largest absolute Gasteiger partial charge is 0.416 e. The molecule has 0 aliphatic heterocycles. The molecule has 11 rings (SSSR count). The van der Waals surface area contributed by atoms with Crippen LogP contribution in [0.1, 0.15) is 11.1 Å². The van der Waals surface area contributed by atoms with Crippen LogP contribution < -0.4 is 0 Å². The molecule has 0 heterocycles. The Balaban J connectivity index is 1.31. The maximum atomic E-state index is 13.6. The van der Waals surface area contributed by atoms with Crippen LogP contribution >= 0.6 is 0 Å². The van der Waals surface area contributed by atoms with E-state index in [9.17, 15) is 13.2 Å². The summed E-state index contributed by atoms with van der Waals surface area (Å²) in [4.78, 5) is 0. The molecule has 280 valence electrons. The number of alkyl halides is 3. The van der Waals surface area contributed by atoms with Gasteiger partial charge in [-0.25, -0.2) is 0 Å². The zero-order chi connectivity index (χ0) is 39.8. The first-order valence-electron chi connectivity index (χ1n) is 19.9. The molecule has 0 radical (unpaired) electrons. The summed E-state index contributed by atoms with van der Waals surface area (Å²) < 4.78 is 40.8. The van der Waals surface area contributed by atoms with Crippen LogP contribution in [0.3, 0.4) is 0 Å². The quantitative estimate of drug-likeness (QED) is 0.124. The zero-order valence-electron chi connectivity index (χ0n) is 32.1. The number of halogens is 3. The number of hydrogen-bond acceptors (Lipinski definition) is 0. The summed E-state index contributed by atoms with van der Waals surface area (Å²) in [5, 5.41) is 13.8. The SMILES string of the molecule is Cc1ccc(-c2cc(-c3cc4ccccc4c4ccccc34)c3cc4cc(-c5ccc(C(F)(F)F)cc5)ccc4c(-c4cc5ccccc5c5ccccc45)c3c2)cc1. The van der Waals surface area contributed by atoms with Crippen molar-refractivity contribution >= 4 is 64.6 Å². The molecule has 0 atom stereocenters. The van der Waals surface area contributed by atoms with Crippen LogP contribution in [0.4, 0.5) is 13.2 Å². The second-order valence-electron chi connectivity index (χ2n) is 15.6. The molecular formula is C56H35F3. The highest BCUT2D eigenvalue weighted by Gasteiger charge is 2.30. The topological polar surface area (TPSA) is 0 Å². The van der Waals surface area contributed by atoms with Gasteiger partial charge < -0.3 is 0 Å². The summed E-state index contributed by atoms with van der Waals surface area (Å²) in [7, 11) is 0. The van der Waals surface area contributed by atoms with E-state index in [0.717, 1.165) is 76.8 Å². The number of fused-ring (bicyclic) bond motifs is 8. The molecular weight excluding hydrogens is 730 g/mol. The van der Waals surface area contributed by atoms with Crippen molar-refractivity contribution in [1.29, 1.82) is 0 Å². The number of hydrogen-bond donors (Lipinski definition) is 0. The molecule has 11 aromatic carbocycles. The van der Waals surface area contributed by atoms with E-state index in [-0.39, 0.29) is 0 Å². The van der Waals surface area contributed by atoms with E-state index in [2.05, 4.69) is 171 Å². The lowest BCUT2D eigenvalue weighted by atomic mass is 9.82. The molecule has 0 aliphatic carbocycles. The van der Waals surface area contributed by atoms with Gasteiger partial charge in [-0.15, -0.1) is 0 Å². The Labute approximate surface area is 339 Å². The van der Waals surface area contributed by atoms with Gasteiger partial charge in [-0.1, -0.05) is 151 Å². The van der Waals surface area contributed by atoms with E-state index in [4.69, 9.17) is 0 Å². The first kappa shape index (κ1) is 35.0. The van der Waals surface area contributed by atoms with Crippen LogP contribution in [0.25, 0.3) is 109 Å². The Morgan fingerprint density at radius 3 is 1.42 bits per heavy atom. The average Bonchev–Trinajstić information content (AvgIpc) is 3.27. The van der Waals surface area contributed by atoms with Crippen LogP contribution in [0.2, 0.25) is 0 Å². The Morgan fingerprint density at radius 2 is 0.797 bits per heavy atom. The van der Waals surface area contributed by atoms with Gasteiger partial charge in [0.2, 0.25) is 0 Å². The maximum absolute atomic E-state index is 13.6. The van der Waals surface area contributed by atoms with Gasteiger partial charge in [0.05, 0.1) is 5.56 Å². The highest BCUT2D eigenvalue weighted by atomic mass is 19.4. The fourth-order valence-corrected chi connectivity index (χ4v) is 9.22. The van der Waals surface area contributed by atoms with Crippen LogP contribution in [0, 0.1) is 6.92 Å². The minimum absolute atomic E-state index is 0.657. The van der Waals surface area contributed by atoms with E-state index >= 15 is 0 Å². The molecule has 0 fully saturated rings. The second kappa shape index (κ2) is 13.4. The molecule has 0 aromatic heterocycles. The molecule has 0 spiro atoms. The fourth-order valence-electron chi connectivity index (χ4n) is 9.22. The predicted octanol–water partition coefficient (Wildman–Crippen LogP) is 16.6. The number of aryl methyl sites for hydroxylation is 1. The molecule has 0 N–H and O–H groups in total. The van der Waals surface area contributed by atoms with Crippen molar-refractivity contribution in [2.45, 2.75) is 13.1 Å². The summed E-state index contributed by atoms with van der Waals surface area (Å²) in [5.41, 5.74) is 8.91. The summed E-state index contributed by atoms with van der Waals surface area (Å²) >= 11 is 0. The van der Waals surface area contributed by atoms with Crippen LogP contribution in [0.5, 0.6) is 0 Å². The monoisotopic (exact) mass is 764 g/mol. The first-order chi connectivity index (χ1) is 28.8. The molecule has 0 saturated carbocycles. The molecule has 11 aromatic rings. The summed E-state index contributed by atoms with van der Waals surface area (Å²) in [6.45, 7) is 2.12. The highest BCUT2D eigenvalue weighted by molar-refractivity contribution is 6.25. The van der Waals surface area contributed by atoms with E-state index in [1.807, 2.05) is 6.07 Å². The van der Waals surface area contributed by atoms with Crippen LogP contribution in [-0.2, 0) is 6.18 Å². The van der Waals surface area contributed by atoms with Crippen LogP contribution in [-0.4, -0.2) is 0 Å². The Hall–Kier alpha value is -7.23. The molecule has 0 amide bonds. The number of rotatable bonds is 4. The van der Waals surface area contributed by atoms with E-state index in [1.54, 1.807) is 12.1 Å². The summed E-state index contributed by atoms with van der Waals surface area (Å²) in [6.07, 6.45) is -4.40. The second-order valence-corrected chi connectivity index (χ2v) is 15.6. The predicted molar refractivity (Wildman–Crippen MR) is 243 cm³/mol. The molecule has 0 nitrogen and oxygen atoms in total. The standard InChI is InChI=1S/C56H35F3/c1-34-18-20-36(21-19-34)40-31-51(50-29-38-10-2-4-12-43(38)46-14-6-8-16-48(46)50)52-33-41-28-37(35-22-25-42(26-23-35)56(57,58)59)24-27-45(41)55(54(52)32-40)53-30-39-11-3-5-13-44(39)47-15-7-9-17-49(47)53/h2-33H,1H3. The van der Waals surface area contributed by atoms with Crippen molar-refractivity contribution in [1.82, 2.24) is 0 Å². The Kier molecular flexibility index (Phi) is 7.96. The van der Waals surface area contributed by atoms with Gasteiger partial charge in [0.25, 0.3) is 0 Å². The summed E-state index contributed by atoms with van der Waals surface area (Å²) in [5.74, 6) is 0. The van der Waals surface area contributed by atoms with Gasteiger partial charge >= 0.3 is 6.18 Å². The Bertz CT molecular complexity index is 3470. The normalized spacial score (nSPS) is 12.1. The van der Waals surface area contributed by atoms with Gasteiger partial charge in [-0.05, 0) is 165 Å². The van der Waals surface area contributed by atoms with Crippen molar-refractivity contribution < 1.29 is 13.2 Å². The maximum Gasteiger partial charge on any atom is 0.416 e. The van der Waals surface area contributed by atoms with E-state index in [0.29, 0.717) is 0 Å². The minimum Gasteiger partial charge on any atom is -0.166 e. The fraction of sp³-hybridized carbons (Fsp3) is 0.0357. The lowest BCUT2D eigenvalue weighted by Gasteiger charge is -2.21. The third-order valence-electron chi connectivity index (χ3n) is 12.1. The Morgan fingerprint density at radius 1 is 0.305 bits per heavy atom. The molecule has 0 aliphatic rings. The minimum atomic E-state index is -4.40.